The molecule has 5 heteroatoms. The molecule has 1 aromatic carbocycles. The summed E-state index contributed by atoms with van der Waals surface area (Å²) in [6, 6.07) is 8.03. The molecular weight excluding hydrogens is 226 g/mol. The average Bonchev–Trinajstić information content (AvgIpc) is 2.18. The molecule has 0 saturated heterocycles. The molecule has 1 rings (SSSR count). The zero-order valence-electron chi connectivity index (χ0n) is 8.64. The first-order valence-electron chi connectivity index (χ1n) is 4.39. The maximum atomic E-state index is 4.70. The number of hydrazone groups is 1. The normalized spacial score (nSPS) is 10.3. The van der Waals surface area contributed by atoms with Gasteiger partial charge in [-0.25, -0.2) is 0 Å². The van der Waals surface area contributed by atoms with Crippen LogP contribution in [0.4, 0.5) is 5.69 Å². The Labute approximate surface area is 101 Å². The predicted octanol–water partition coefficient (Wildman–Crippen LogP) is 1.89. The van der Waals surface area contributed by atoms with E-state index >= 15 is 0 Å². The van der Waals surface area contributed by atoms with E-state index in [9.17, 15) is 0 Å². The Bertz CT molecular complexity index is 357. The van der Waals surface area contributed by atoms with Gasteiger partial charge in [0.25, 0.3) is 0 Å². The number of thiocarbonyl (C=S) groups is 1. The molecule has 15 heavy (non-hydrogen) atoms. The van der Waals surface area contributed by atoms with Crippen molar-refractivity contribution in [1.29, 1.82) is 0 Å². The number of hydrogen-bond acceptors (Lipinski definition) is 3. The van der Waals surface area contributed by atoms with E-state index in [1.54, 1.807) is 6.21 Å². The van der Waals surface area contributed by atoms with Gasteiger partial charge >= 0.3 is 0 Å². The molecule has 0 spiro atoms. The van der Waals surface area contributed by atoms with E-state index in [0.29, 0.717) is 4.32 Å². The van der Waals surface area contributed by atoms with Crippen LogP contribution in [0.5, 0.6) is 0 Å². The Morgan fingerprint density at radius 2 is 2.00 bits per heavy atom. The second-order valence-corrected chi connectivity index (χ2v) is 4.32. The fraction of sp³-hybridized carbons (Fsp3) is 0.200. The van der Waals surface area contributed by atoms with E-state index in [0.717, 1.165) is 11.3 Å². The van der Waals surface area contributed by atoms with Crippen molar-refractivity contribution in [2.45, 2.75) is 0 Å². The highest BCUT2D eigenvalue weighted by atomic mass is 32.1. The van der Waals surface area contributed by atoms with E-state index < -0.39 is 0 Å². The van der Waals surface area contributed by atoms with Gasteiger partial charge in [-0.1, -0.05) is 24.4 Å². The number of hydrogen-bond donors (Lipinski definition) is 2. The van der Waals surface area contributed by atoms with Crippen molar-refractivity contribution < 1.29 is 0 Å². The molecule has 0 unspecified atom stereocenters. The van der Waals surface area contributed by atoms with Crippen LogP contribution in [0.3, 0.4) is 0 Å². The van der Waals surface area contributed by atoms with Crippen LogP contribution in [-0.4, -0.2) is 24.6 Å². The molecule has 3 nitrogen and oxygen atoms in total. The van der Waals surface area contributed by atoms with Gasteiger partial charge in [-0.2, -0.15) is 5.10 Å². The SMILES string of the molecule is CN(C)c1ccc(/C=N\NC(=S)S)cc1. The summed E-state index contributed by atoms with van der Waals surface area (Å²) in [7, 11) is 4.01. The fourth-order valence-corrected chi connectivity index (χ4v) is 1.13. The van der Waals surface area contributed by atoms with Gasteiger partial charge in [0, 0.05) is 19.8 Å². The van der Waals surface area contributed by atoms with Crippen molar-refractivity contribution in [3.8, 4) is 0 Å². The summed E-state index contributed by atoms with van der Waals surface area (Å²) in [6.07, 6.45) is 1.70. The summed E-state index contributed by atoms with van der Waals surface area (Å²) < 4.78 is 0.358. The number of rotatable bonds is 3. The van der Waals surface area contributed by atoms with E-state index in [1.165, 1.54) is 0 Å². The van der Waals surface area contributed by atoms with Gasteiger partial charge in [-0.15, -0.1) is 12.6 Å². The zero-order chi connectivity index (χ0) is 11.3. The Kier molecular flexibility index (Phi) is 4.58. The largest absolute Gasteiger partial charge is 0.378 e. The quantitative estimate of drug-likeness (QED) is 0.365. The van der Waals surface area contributed by atoms with Gasteiger partial charge in [-0.05, 0) is 17.7 Å². The van der Waals surface area contributed by atoms with Crippen molar-refractivity contribution in [1.82, 2.24) is 5.43 Å². The molecule has 0 aliphatic carbocycles. The lowest BCUT2D eigenvalue weighted by atomic mass is 10.2. The highest BCUT2D eigenvalue weighted by Gasteiger charge is 1.93. The Balaban J connectivity index is 2.64. The van der Waals surface area contributed by atoms with Crippen molar-refractivity contribution in [3.63, 3.8) is 0 Å². The van der Waals surface area contributed by atoms with Crippen molar-refractivity contribution in [2.75, 3.05) is 19.0 Å². The van der Waals surface area contributed by atoms with Gasteiger partial charge in [0.1, 0.15) is 0 Å². The number of anilines is 1. The number of benzene rings is 1. The van der Waals surface area contributed by atoms with Crippen LogP contribution in [0.1, 0.15) is 5.56 Å². The third-order valence-corrected chi connectivity index (χ3v) is 1.97. The van der Waals surface area contributed by atoms with E-state index in [-0.39, 0.29) is 0 Å². The van der Waals surface area contributed by atoms with E-state index in [1.807, 2.05) is 43.3 Å². The molecule has 0 heterocycles. The Morgan fingerprint density at radius 1 is 1.40 bits per heavy atom. The number of thiol groups is 1. The third-order valence-electron chi connectivity index (χ3n) is 1.78. The maximum Gasteiger partial charge on any atom is 0.150 e. The van der Waals surface area contributed by atoms with Crippen LogP contribution in [0, 0.1) is 0 Å². The highest BCUT2D eigenvalue weighted by molar-refractivity contribution is 8.11. The second kappa shape index (κ2) is 5.72. The summed E-state index contributed by atoms with van der Waals surface area (Å²) >= 11 is 8.59. The summed E-state index contributed by atoms with van der Waals surface area (Å²) in [4.78, 5) is 2.04. The van der Waals surface area contributed by atoms with Crippen LogP contribution < -0.4 is 10.3 Å². The molecule has 0 fully saturated rings. The molecule has 0 aromatic heterocycles. The Morgan fingerprint density at radius 3 is 2.47 bits per heavy atom. The van der Waals surface area contributed by atoms with Gasteiger partial charge in [0.15, 0.2) is 4.32 Å². The van der Waals surface area contributed by atoms with Gasteiger partial charge in [0.05, 0.1) is 6.21 Å². The lowest BCUT2D eigenvalue weighted by Gasteiger charge is -2.11. The zero-order valence-corrected chi connectivity index (χ0v) is 10.3. The first-order chi connectivity index (χ1) is 7.09. The summed E-state index contributed by atoms with van der Waals surface area (Å²) in [5.41, 5.74) is 4.76. The molecule has 0 atom stereocenters. The summed E-state index contributed by atoms with van der Waals surface area (Å²) in [6.45, 7) is 0. The minimum absolute atomic E-state index is 0.358. The molecular formula is C10H13N3S2. The molecule has 1 aromatic rings. The molecule has 80 valence electrons. The highest BCUT2D eigenvalue weighted by Crippen LogP contribution is 2.10. The fourth-order valence-electron chi connectivity index (χ4n) is 1.02. The molecule has 0 bridgehead atoms. The standard InChI is InChI=1S/C10H13N3S2/c1-13(2)9-5-3-8(4-6-9)7-11-12-10(14)15/h3-7H,1-2H3,(H2,12,14,15)/b11-7-. The van der Waals surface area contributed by atoms with Crippen LogP contribution in [0.2, 0.25) is 0 Å². The molecule has 0 aliphatic heterocycles. The lowest BCUT2D eigenvalue weighted by molar-refractivity contribution is 1.07. The maximum absolute atomic E-state index is 4.70. The first kappa shape index (κ1) is 12.0. The van der Waals surface area contributed by atoms with Crippen molar-refractivity contribution in [2.24, 2.45) is 5.10 Å². The minimum atomic E-state index is 0.358. The monoisotopic (exact) mass is 239 g/mol. The predicted molar refractivity (Wildman–Crippen MR) is 73.1 cm³/mol. The van der Waals surface area contributed by atoms with E-state index in [4.69, 9.17) is 12.2 Å². The topological polar surface area (TPSA) is 27.6 Å². The first-order valence-corrected chi connectivity index (χ1v) is 5.24. The molecule has 0 saturated carbocycles. The van der Waals surface area contributed by atoms with Gasteiger partial charge in [-0.3, -0.25) is 5.43 Å². The summed E-state index contributed by atoms with van der Waals surface area (Å²) in [5, 5.41) is 3.91. The third kappa shape index (κ3) is 4.31. The number of nitrogens with zero attached hydrogens (tertiary/aromatic N) is 2. The van der Waals surface area contributed by atoms with Crippen LogP contribution in [0.15, 0.2) is 29.4 Å². The second-order valence-electron chi connectivity index (χ2n) is 3.16. The molecule has 0 radical (unpaired) electrons. The minimum Gasteiger partial charge on any atom is -0.378 e. The smallest absolute Gasteiger partial charge is 0.150 e. The van der Waals surface area contributed by atoms with Crippen LogP contribution in [-0.2, 0) is 0 Å². The van der Waals surface area contributed by atoms with Crippen molar-refractivity contribution in [3.05, 3.63) is 29.8 Å². The van der Waals surface area contributed by atoms with E-state index in [2.05, 4.69) is 23.2 Å². The van der Waals surface area contributed by atoms with Gasteiger partial charge in [0.2, 0.25) is 0 Å². The average molecular weight is 239 g/mol. The molecule has 1 N–H and O–H groups in total. The Hall–Kier alpha value is -1.07. The molecule has 0 amide bonds. The van der Waals surface area contributed by atoms with Crippen molar-refractivity contribution >= 4 is 41.1 Å². The van der Waals surface area contributed by atoms with Gasteiger partial charge < -0.3 is 4.90 Å². The molecule has 0 aliphatic rings. The lowest BCUT2D eigenvalue weighted by Crippen LogP contribution is -2.09. The number of nitrogens with one attached hydrogen (secondary N) is 1. The van der Waals surface area contributed by atoms with Crippen LogP contribution in [0.25, 0.3) is 0 Å². The van der Waals surface area contributed by atoms with Crippen LogP contribution >= 0.6 is 24.8 Å². The summed E-state index contributed by atoms with van der Waals surface area (Å²) in [5.74, 6) is 0.